The number of hydrogen-bond donors (Lipinski definition) is 2. The summed E-state index contributed by atoms with van der Waals surface area (Å²) in [4.78, 5) is 27.5. The highest BCUT2D eigenvalue weighted by Crippen LogP contribution is 2.18. The van der Waals surface area contributed by atoms with Crippen LogP contribution in [0.3, 0.4) is 0 Å². The first-order valence-corrected chi connectivity index (χ1v) is 9.21. The van der Waals surface area contributed by atoms with Crippen LogP contribution in [0.5, 0.6) is 0 Å². The van der Waals surface area contributed by atoms with Gasteiger partial charge in [0.25, 0.3) is 0 Å². The molecule has 7 heteroatoms. The lowest BCUT2D eigenvalue weighted by atomic mass is 10.0. The van der Waals surface area contributed by atoms with Gasteiger partial charge in [0.15, 0.2) is 0 Å². The largest absolute Gasteiger partial charge is 0.453 e. The maximum absolute atomic E-state index is 12.1. The van der Waals surface area contributed by atoms with Crippen molar-refractivity contribution in [3.8, 4) is 0 Å². The molecule has 3 amide bonds. The van der Waals surface area contributed by atoms with Gasteiger partial charge in [0, 0.05) is 45.8 Å². The minimum absolute atomic E-state index is 0.170. The van der Waals surface area contributed by atoms with E-state index in [4.69, 9.17) is 4.74 Å². The highest BCUT2D eigenvalue weighted by atomic mass is 16.5. The summed E-state index contributed by atoms with van der Waals surface area (Å²) in [5.74, 6) is 0. The average Bonchev–Trinajstić information content (AvgIpc) is 2.72. The molecular weight excluding hydrogens is 344 g/mol. The van der Waals surface area contributed by atoms with Gasteiger partial charge in [0.05, 0.1) is 7.11 Å². The fraction of sp³-hybridized carbons (Fsp3) is 0.400. The Hall–Kier alpha value is -2.80. The van der Waals surface area contributed by atoms with Gasteiger partial charge in [0.2, 0.25) is 0 Å². The van der Waals surface area contributed by atoms with E-state index in [1.165, 1.54) is 12.5 Å². The molecule has 0 saturated carbocycles. The van der Waals surface area contributed by atoms with Gasteiger partial charge in [-0.05, 0) is 16.3 Å². The molecule has 144 valence electrons. The summed E-state index contributed by atoms with van der Waals surface area (Å²) < 4.78 is 4.73. The number of carbonyl (C=O) groups is 2. The lowest BCUT2D eigenvalue weighted by molar-refractivity contribution is 0.0915. The monoisotopic (exact) mass is 370 g/mol. The van der Waals surface area contributed by atoms with Crippen LogP contribution in [0, 0.1) is 0 Å². The zero-order valence-electron chi connectivity index (χ0n) is 15.6. The Kier molecular flexibility index (Phi) is 6.49. The molecule has 3 rings (SSSR count). The molecule has 0 spiro atoms. The third-order valence-electron chi connectivity index (χ3n) is 4.84. The van der Waals surface area contributed by atoms with Crippen molar-refractivity contribution in [2.75, 3.05) is 46.4 Å². The summed E-state index contributed by atoms with van der Waals surface area (Å²) in [6.07, 6.45) is -0.277. The molecule has 1 aliphatic rings. The normalized spacial score (nSPS) is 14.8. The maximum atomic E-state index is 12.1. The Morgan fingerprint density at radius 2 is 1.74 bits per heavy atom. The molecule has 0 radical (unpaired) electrons. The first-order valence-electron chi connectivity index (χ1n) is 9.21. The van der Waals surface area contributed by atoms with Crippen LogP contribution in [0.4, 0.5) is 9.59 Å². The van der Waals surface area contributed by atoms with Crippen molar-refractivity contribution in [1.82, 2.24) is 20.4 Å². The van der Waals surface area contributed by atoms with E-state index in [0.29, 0.717) is 26.2 Å². The van der Waals surface area contributed by atoms with Crippen molar-refractivity contribution in [3.05, 3.63) is 48.0 Å². The maximum Gasteiger partial charge on any atom is 0.409 e. The van der Waals surface area contributed by atoms with Gasteiger partial charge in [-0.2, -0.15) is 0 Å². The van der Waals surface area contributed by atoms with Crippen LogP contribution in [0.25, 0.3) is 10.8 Å². The molecule has 1 heterocycles. The molecular formula is C20H26N4O3. The summed E-state index contributed by atoms with van der Waals surface area (Å²) in [5.41, 5.74) is 1.10. The van der Waals surface area contributed by atoms with E-state index in [2.05, 4.69) is 33.7 Å². The Morgan fingerprint density at radius 1 is 1.00 bits per heavy atom. The third kappa shape index (κ3) is 5.10. The van der Waals surface area contributed by atoms with E-state index in [1.54, 1.807) is 4.90 Å². The average molecular weight is 370 g/mol. The molecule has 2 N–H and O–H groups in total. The highest BCUT2D eigenvalue weighted by Gasteiger charge is 2.21. The second-order valence-corrected chi connectivity index (χ2v) is 6.55. The molecule has 2 aromatic carbocycles. The van der Waals surface area contributed by atoms with Crippen LogP contribution in [0.1, 0.15) is 5.56 Å². The molecule has 0 atom stereocenters. The van der Waals surface area contributed by atoms with Crippen LogP contribution in [0.15, 0.2) is 42.5 Å². The minimum Gasteiger partial charge on any atom is -0.453 e. The Bertz CT molecular complexity index is 782. The number of rotatable bonds is 5. The molecule has 0 bridgehead atoms. The van der Waals surface area contributed by atoms with Crippen molar-refractivity contribution in [1.29, 1.82) is 0 Å². The Balaban J connectivity index is 1.37. The molecule has 1 saturated heterocycles. The molecule has 1 fully saturated rings. The SMILES string of the molecule is COC(=O)N1CCN(CCNC(=O)NCc2cccc3ccccc23)CC1. The van der Waals surface area contributed by atoms with Crippen LogP contribution in [-0.2, 0) is 11.3 Å². The van der Waals surface area contributed by atoms with E-state index in [1.807, 2.05) is 24.3 Å². The fourth-order valence-corrected chi connectivity index (χ4v) is 3.30. The quantitative estimate of drug-likeness (QED) is 0.845. The van der Waals surface area contributed by atoms with Crippen LogP contribution in [-0.4, -0.2) is 68.3 Å². The van der Waals surface area contributed by atoms with Crippen LogP contribution >= 0.6 is 0 Å². The molecule has 27 heavy (non-hydrogen) atoms. The van der Waals surface area contributed by atoms with Crippen molar-refractivity contribution in [3.63, 3.8) is 0 Å². The molecule has 0 unspecified atom stereocenters. The van der Waals surface area contributed by atoms with E-state index >= 15 is 0 Å². The van der Waals surface area contributed by atoms with Gasteiger partial charge in [-0.1, -0.05) is 42.5 Å². The zero-order chi connectivity index (χ0) is 19.1. The smallest absolute Gasteiger partial charge is 0.409 e. The first-order chi connectivity index (χ1) is 13.2. The van der Waals surface area contributed by atoms with Crippen molar-refractivity contribution >= 4 is 22.9 Å². The number of nitrogens with one attached hydrogen (secondary N) is 2. The van der Waals surface area contributed by atoms with E-state index in [9.17, 15) is 9.59 Å². The molecule has 2 aromatic rings. The number of hydrogen-bond acceptors (Lipinski definition) is 4. The molecule has 1 aliphatic heterocycles. The van der Waals surface area contributed by atoms with Crippen LogP contribution in [0.2, 0.25) is 0 Å². The fourth-order valence-electron chi connectivity index (χ4n) is 3.30. The lowest BCUT2D eigenvalue weighted by Crippen LogP contribution is -2.50. The molecule has 7 nitrogen and oxygen atoms in total. The van der Waals surface area contributed by atoms with Crippen molar-refractivity contribution in [2.45, 2.75) is 6.54 Å². The second-order valence-electron chi connectivity index (χ2n) is 6.55. The number of ether oxygens (including phenoxy) is 1. The number of nitrogens with zero attached hydrogens (tertiary/aromatic N) is 2. The van der Waals surface area contributed by atoms with Gasteiger partial charge in [-0.15, -0.1) is 0 Å². The van der Waals surface area contributed by atoms with Gasteiger partial charge in [-0.3, -0.25) is 4.90 Å². The highest BCUT2D eigenvalue weighted by molar-refractivity contribution is 5.86. The van der Waals surface area contributed by atoms with E-state index in [0.717, 1.165) is 30.6 Å². The van der Waals surface area contributed by atoms with E-state index in [-0.39, 0.29) is 12.1 Å². The van der Waals surface area contributed by atoms with Crippen molar-refractivity contribution < 1.29 is 14.3 Å². The second kappa shape index (κ2) is 9.23. The third-order valence-corrected chi connectivity index (χ3v) is 4.84. The standard InChI is InChI=1S/C20H26N4O3/c1-27-20(26)24-13-11-23(12-14-24)10-9-21-19(25)22-15-17-7-4-6-16-5-2-3-8-18(16)17/h2-8H,9-15H2,1H3,(H2,21,22,25). The number of piperazine rings is 1. The number of fused-ring (bicyclic) bond motifs is 1. The first kappa shape index (κ1) is 19.0. The molecule has 0 aromatic heterocycles. The number of carbonyl (C=O) groups excluding carboxylic acids is 2. The predicted octanol–water partition coefficient (Wildman–Crippen LogP) is 2.02. The summed E-state index contributed by atoms with van der Waals surface area (Å²) in [6.45, 7) is 4.70. The Morgan fingerprint density at radius 3 is 2.52 bits per heavy atom. The predicted molar refractivity (Wildman–Crippen MR) is 105 cm³/mol. The number of methoxy groups -OCH3 is 1. The van der Waals surface area contributed by atoms with E-state index < -0.39 is 0 Å². The minimum atomic E-state index is -0.277. The van der Waals surface area contributed by atoms with Gasteiger partial charge in [-0.25, -0.2) is 9.59 Å². The van der Waals surface area contributed by atoms with Gasteiger partial charge in [0.1, 0.15) is 0 Å². The summed E-state index contributed by atoms with van der Waals surface area (Å²) in [5, 5.41) is 8.14. The summed E-state index contributed by atoms with van der Waals surface area (Å²) in [6, 6.07) is 14.1. The summed E-state index contributed by atoms with van der Waals surface area (Å²) >= 11 is 0. The number of urea groups is 1. The number of benzene rings is 2. The topological polar surface area (TPSA) is 73.9 Å². The summed E-state index contributed by atoms with van der Waals surface area (Å²) in [7, 11) is 1.40. The van der Waals surface area contributed by atoms with Crippen LogP contribution < -0.4 is 10.6 Å². The zero-order valence-corrected chi connectivity index (χ0v) is 15.6. The van der Waals surface area contributed by atoms with Crippen molar-refractivity contribution in [2.24, 2.45) is 0 Å². The molecule has 0 aliphatic carbocycles. The van der Waals surface area contributed by atoms with Gasteiger partial charge < -0.3 is 20.3 Å². The lowest BCUT2D eigenvalue weighted by Gasteiger charge is -2.33. The number of amides is 3. The van der Waals surface area contributed by atoms with Gasteiger partial charge >= 0.3 is 12.1 Å². The Labute approximate surface area is 159 Å².